The van der Waals surface area contributed by atoms with Crippen LogP contribution in [0.15, 0.2) is 72.8 Å². The fraction of sp³-hybridized carbons (Fsp3) is 0.160. The van der Waals surface area contributed by atoms with Crippen molar-refractivity contribution in [1.29, 1.82) is 0 Å². The van der Waals surface area contributed by atoms with Gasteiger partial charge in [0.15, 0.2) is 0 Å². The van der Waals surface area contributed by atoms with Crippen molar-refractivity contribution in [3.05, 3.63) is 106 Å². The number of para-hydroxylation sites is 1. The van der Waals surface area contributed by atoms with Gasteiger partial charge in [-0.05, 0) is 42.7 Å². The summed E-state index contributed by atoms with van der Waals surface area (Å²) in [5, 5.41) is 1.73. The van der Waals surface area contributed by atoms with Crippen LogP contribution in [-0.2, 0) is 6.42 Å². The number of hydrogen-bond donors (Lipinski definition) is 1. The van der Waals surface area contributed by atoms with E-state index in [2.05, 4.69) is 54.4 Å². The number of halogens is 1. The van der Waals surface area contributed by atoms with Gasteiger partial charge in [-0.2, -0.15) is 0 Å². The molecule has 3 nitrogen and oxygen atoms in total. The average molecular weight is 401 g/mol. The van der Waals surface area contributed by atoms with Crippen molar-refractivity contribution in [3.63, 3.8) is 0 Å². The second-order valence-corrected chi connectivity index (χ2v) is 8.01. The van der Waals surface area contributed by atoms with E-state index >= 15 is 0 Å². The zero-order valence-electron chi connectivity index (χ0n) is 16.2. The number of benzene rings is 3. The largest absolute Gasteiger partial charge is 0.356 e. The fourth-order valence-electron chi connectivity index (χ4n) is 4.34. The zero-order chi connectivity index (χ0) is 20.0. The molecule has 0 bridgehead atoms. The summed E-state index contributed by atoms with van der Waals surface area (Å²) in [6, 6.07) is 23.9. The molecule has 0 radical (unpaired) electrons. The van der Waals surface area contributed by atoms with Crippen LogP contribution in [0.5, 0.6) is 0 Å². The van der Waals surface area contributed by atoms with Gasteiger partial charge < -0.3 is 9.88 Å². The number of carbonyl (C=O) groups is 1. The quantitative estimate of drug-likeness (QED) is 0.445. The molecule has 2 heterocycles. The van der Waals surface area contributed by atoms with Crippen molar-refractivity contribution in [1.82, 2.24) is 9.88 Å². The van der Waals surface area contributed by atoms with E-state index in [4.69, 9.17) is 11.6 Å². The molecule has 4 aromatic rings. The van der Waals surface area contributed by atoms with Gasteiger partial charge in [0, 0.05) is 23.1 Å². The first-order valence-electron chi connectivity index (χ1n) is 9.85. The molecule has 0 saturated heterocycles. The van der Waals surface area contributed by atoms with Gasteiger partial charge in [0.05, 0.1) is 16.6 Å². The van der Waals surface area contributed by atoms with Crippen molar-refractivity contribution in [2.75, 3.05) is 6.54 Å². The van der Waals surface area contributed by atoms with Gasteiger partial charge in [0.1, 0.15) is 0 Å². The molecule has 0 unspecified atom stereocenters. The molecule has 5 rings (SSSR count). The summed E-state index contributed by atoms with van der Waals surface area (Å²) in [6.45, 7) is 2.73. The molecule has 0 aliphatic carbocycles. The number of H-pyrrole nitrogens is 1. The summed E-state index contributed by atoms with van der Waals surface area (Å²) < 4.78 is 0. The molecular formula is C25H21ClN2O. The van der Waals surface area contributed by atoms with Crippen LogP contribution in [0.1, 0.15) is 38.8 Å². The summed E-state index contributed by atoms with van der Waals surface area (Å²) >= 11 is 6.36. The van der Waals surface area contributed by atoms with Crippen molar-refractivity contribution >= 4 is 28.4 Å². The van der Waals surface area contributed by atoms with Crippen LogP contribution in [0.4, 0.5) is 0 Å². The highest BCUT2D eigenvalue weighted by Gasteiger charge is 2.35. The van der Waals surface area contributed by atoms with Crippen molar-refractivity contribution in [2.45, 2.75) is 19.4 Å². The Morgan fingerprint density at radius 1 is 1.00 bits per heavy atom. The second-order valence-electron chi connectivity index (χ2n) is 7.60. The van der Waals surface area contributed by atoms with E-state index in [1.165, 1.54) is 16.5 Å². The highest BCUT2D eigenvalue weighted by Crippen LogP contribution is 2.39. The van der Waals surface area contributed by atoms with Gasteiger partial charge in [-0.3, -0.25) is 4.79 Å². The Labute approximate surface area is 174 Å². The fourth-order valence-corrected chi connectivity index (χ4v) is 4.56. The maximum Gasteiger partial charge on any atom is 0.256 e. The summed E-state index contributed by atoms with van der Waals surface area (Å²) in [4.78, 5) is 19.1. The monoisotopic (exact) mass is 400 g/mol. The molecule has 144 valence electrons. The molecule has 4 heteroatoms. The summed E-state index contributed by atoms with van der Waals surface area (Å²) in [7, 11) is 0. The van der Waals surface area contributed by atoms with Crippen molar-refractivity contribution < 1.29 is 4.79 Å². The van der Waals surface area contributed by atoms with Gasteiger partial charge in [0.2, 0.25) is 0 Å². The summed E-state index contributed by atoms with van der Waals surface area (Å²) in [6.07, 6.45) is 0.817. The third-order valence-electron chi connectivity index (χ3n) is 5.79. The van der Waals surface area contributed by atoms with Crippen LogP contribution in [0.2, 0.25) is 5.02 Å². The molecule has 1 atom stereocenters. The van der Waals surface area contributed by atoms with Crippen LogP contribution in [0.3, 0.4) is 0 Å². The number of aryl methyl sites for hydroxylation is 1. The lowest BCUT2D eigenvalue weighted by Crippen LogP contribution is -2.40. The van der Waals surface area contributed by atoms with Gasteiger partial charge in [-0.25, -0.2) is 0 Å². The van der Waals surface area contributed by atoms with E-state index in [1.54, 1.807) is 12.1 Å². The maximum absolute atomic E-state index is 13.5. The number of amides is 1. The van der Waals surface area contributed by atoms with Gasteiger partial charge in [-0.1, -0.05) is 71.8 Å². The van der Waals surface area contributed by atoms with Crippen molar-refractivity contribution in [2.24, 2.45) is 0 Å². The van der Waals surface area contributed by atoms with E-state index in [0.717, 1.165) is 23.2 Å². The average Bonchev–Trinajstić information content (AvgIpc) is 3.12. The summed E-state index contributed by atoms with van der Waals surface area (Å²) in [5.74, 6) is -0.0366. The minimum absolute atomic E-state index is 0.0366. The Bertz CT molecular complexity index is 1210. The lowest BCUT2D eigenvalue weighted by Gasteiger charge is -2.36. The minimum atomic E-state index is -0.171. The highest BCUT2D eigenvalue weighted by atomic mass is 35.5. The number of rotatable bonds is 2. The zero-order valence-corrected chi connectivity index (χ0v) is 16.9. The van der Waals surface area contributed by atoms with E-state index < -0.39 is 0 Å². The third-order valence-corrected chi connectivity index (χ3v) is 6.12. The predicted octanol–water partition coefficient (Wildman–Crippen LogP) is 5.92. The van der Waals surface area contributed by atoms with Gasteiger partial charge in [-0.15, -0.1) is 0 Å². The van der Waals surface area contributed by atoms with Gasteiger partial charge in [0.25, 0.3) is 5.91 Å². The molecule has 0 spiro atoms. The van der Waals surface area contributed by atoms with E-state index in [-0.39, 0.29) is 11.9 Å². The number of nitrogens with zero attached hydrogens (tertiary/aromatic N) is 1. The predicted molar refractivity (Wildman–Crippen MR) is 118 cm³/mol. The Kier molecular flexibility index (Phi) is 4.40. The second kappa shape index (κ2) is 7.09. The smallest absolute Gasteiger partial charge is 0.256 e. The Morgan fingerprint density at radius 3 is 2.52 bits per heavy atom. The Balaban J connectivity index is 1.68. The van der Waals surface area contributed by atoms with E-state index in [0.29, 0.717) is 17.1 Å². The topological polar surface area (TPSA) is 36.1 Å². The first-order chi connectivity index (χ1) is 14.1. The molecule has 1 amide bonds. The van der Waals surface area contributed by atoms with Crippen molar-refractivity contribution in [3.8, 4) is 0 Å². The number of aromatic nitrogens is 1. The number of nitrogens with one attached hydrogen (secondary N) is 1. The maximum atomic E-state index is 13.5. The van der Waals surface area contributed by atoms with E-state index in [1.807, 2.05) is 23.1 Å². The molecule has 1 N–H and O–H groups in total. The molecule has 29 heavy (non-hydrogen) atoms. The molecule has 0 fully saturated rings. The first-order valence-corrected chi connectivity index (χ1v) is 10.2. The standard InChI is InChI=1S/C25H21ClN2O/c1-16-10-12-17(13-11-16)24-23-19(18-6-3-5-9-22(18)27-23)14-15-28(24)25(29)20-7-2-4-8-21(20)26/h2-13,24,27H,14-15H2,1H3/t24-/m0/s1. The number of aromatic amines is 1. The molecular weight excluding hydrogens is 380 g/mol. The van der Waals surface area contributed by atoms with Gasteiger partial charge >= 0.3 is 0 Å². The Morgan fingerprint density at radius 2 is 1.72 bits per heavy atom. The Hall–Kier alpha value is -3.04. The van der Waals surface area contributed by atoms with Crippen LogP contribution in [-0.4, -0.2) is 22.3 Å². The molecule has 3 aromatic carbocycles. The van der Waals surface area contributed by atoms with Crippen LogP contribution in [0.25, 0.3) is 10.9 Å². The molecule has 1 aromatic heterocycles. The number of carbonyl (C=O) groups excluding carboxylic acids is 1. The van der Waals surface area contributed by atoms with Crippen LogP contribution in [0, 0.1) is 6.92 Å². The van der Waals surface area contributed by atoms with Crippen LogP contribution < -0.4 is 0 Å². The SMILES string of the molecule is Cc1ccc([C@H]2c3[nH]c4ccccc4c3CCN2C(=O)c2ccccc2Cl)cc1. The first kappa shape index (κ1) is 18.0. The third kappa shape index (κ3) is 3.02. The minimum Gasteiger partial charge on any atom is -0.356 e. The van der Waals surface area contributed by atoms with E-state index in [9.17, 15) is 4.79 Å². The lowest BCUT2D eigenvalue weighted by molar-refractivity contribution is 0.0692. The number of fused-ring (bicyclic) bond motifs is 3. The van der Waals surface area contributed by atoms with Crippen LogP contribution >= 0.6 is 11.6 Å². The number of hydrogen-bond acceptors (Lipinski definition) is 1. The molecule has 0 saturated carbocycles. The highest BCUT2D eigenvalue weighted by molar-refractivity contribution is 6.33. The molecule has 1 aliphatic heterocycles. The molecule has 1 aliphatic rings. The normalized spacial score (nSPS) is 16.1. The lowest BCUT2D eigenvalue weighted by atomic mass is 9.91. The summed E-state index contributed by atoms with van der Waals surface area (Å²) in [5.41, 5.74) is 6.36.